The summed E-state index contributed by atoms with van der Waals surface area (Å²) in [6, 6.07) is 3.59. The summed E-state index contributed by atoms with van der Waals surface area (Å²) in [5.74, 6) is -3.30. The largest absolute Gasteiger partial charge is 0.468 e. The van der Waals surface area contributed by atoms with E-state index in [1.165, 1.54) is 0 Å². The van der Waals surface area contributed by atoms with Crippen molar-refractivity contribution in [1.29, 1.82) is 0 Å². The third kappa shape index (κ3) is 2.99. The number of halogens is 3. The van der Waals surface area contributed by atoms with E-state index in [2.05, 4.69) is 4.74 Å². The molecule has 0 fully saturated rings. The summed E-state index contributed by atoms with van der Waals surface area (Å²) in [7, 11) is 1.06. The minimum absolute atomic E-state index is 0.0577. The van der Waals surface area contributed by atoms with Crippen LogP contribution in [-0.4, -0.2) is 19.0 Å². The fourth-order valence-corrected chi connectivity index (χ4v) is 1.40. The SMILES string of the molecule is COC(=O)C(C(N)=O)c1ccc(C(F)(F)F)cc1. The van der Waals surface area contributed by atoms with Gasteiger partial charge in [0, 0.05) is 0 Å². The fourth-order valence-electron chi connectivity index (χ4n) is 1.40. The average molecular weight is 261 g/mol. The van der Waals surface area contributed by atoms with Gasteiger partial charge >= 0.3 is 12.1 Å². The van der Waals surface area contributed by atoms with Crippen LogP contribution in [-0.2, 0) is 20.5 Å². The van der Waals surface area contributed by atoms with Gasteiger partial charge in [0.05, 0.1) is 12.7 Å². The number of rotatable bonds is 3. The summed E-state index contributed by atoms with van der Waals surface area (Å²) in [5, 5.41) is 0. The molecule has 18 heavy (non-hydrogen) atoms. The number of alkyl halides is 3. The van der Waals surface area contributed by atoms with Crippen molar-refractivity contribution in [3.8, 4) is 0 Å². The van der Waals surface area contributed by atoms with Gasteiger partial charge < -0.3 is 10.5 Å². The third-order valence-corrected chi connectivity index (χ3v) is 2.29. The van der Waals surface area contributed by atoms with Crippen molar-refractivity contribution >= 4 is 11.9 Å². The first-order chi connectivity index (χ1) is 8.27. The van der Waals surface area contributed by atoms with E-state index >= 15 is 0 Å². The summed E-state index contributed by atoms with van der Waals surface area (Å²) in [5.41, 5.74) is 4.19. The maximum absolute atomic E-state index is 12.3. The number of benzene rings is 1. The van der Waals surface area contributed by atoms with Gasteiger partial charge in [-0.2, -0.15) is 13.2 Å². The van der Waals surface area contributed by atoms with Crippen molar-refractivity contribution in [3.63, 3.8) is 0 Å². The Morgan fingerprint density at radius 1 is 1.22 bits per heavy atom. The van der Waals surface area contributed by atoms with E-state index < -0.39 is 29.5 Å². The molecule has 0 bridgehead atoms. The minimum atomic E-state index is -4.48. The van der Waals surface area contributed by atoms with Crippen molar-refractivity contribution in [2.45, 2.75) is 12.1 Å². The van der Waals surface area contributed by atoms with Crippen molar-refractivity contribution in [2.24, 2.45) is 5.73 Å². The molecular weight excluding hydrogens is 251 g/mol. The van der Waals surface area contributed by atoms with Gasteiger partial charge in [0.25, 0.3) is 0 Å². The molecule has 98 valence electrons. The Bertz CT molecular complexity index is 454. The van der Waals surface area contributed by atoms with Gasteiger partial charge in [-0.1, -0.05) is 12.1 Å². The van der Waals surface area contributed by atoms with Crippen LogP contribution in [0.1, 0.15) is 17.0 Å². The number of esters is 1. The van der Waals surface area contributed by atoms with Crippen LogP contribution in [0.15, 0.2) is 24.3 Å². The minimum Gasteiger partial charge on any atom is -0.468 e. The first-order valence-corrected chi connectivity index (χ1v) is 4.81. The predicted molar refractivity (Wildman–Crippen MR) is 55.4 cm³/mol. The molecule has 0 saturated heterocycles. The van der Waals surface area contributed by atoms with E-state index in [4.69, 9.17) is 5.73 Å². The number of primary amides is 1. The Kier molecular flexibility index (Phi) is 3.95. The van der Waals surface area contributed by atoms with Crippen LogP contribution >= 0.6 is 0 Å². The monoisotopic (exact) mass is 261 g/mol. The van der Waals surface area contributed by atoms with Crippen molar-refractivity contribution in [3.05, 3.63) is 35.4 Å². The van der Waals surface area contributed by atoms with E-state index in [1.807, 2.05) is 0 Å². The maximum atomic E-state index is 12.3. The summed E-state index contributed by atoms with van der Waals surface area (Å²) in [4.78, 5) is 22.4. The molecule has 1 aromatic rings. The van der Waals surface area contributed by atoms with Gasteiger partial charge in [-0.3, -0.25) is 9.59 Å². The standard InChI is InChI=1S/C11H10F3NO3/c1-18-10(17)8(9(15)16)6-2-4-7(5-3-6)11(12,13)14/h2-5,8H,1H3,(H2,15,16). The number of carbonyl (C=O) groups is 2. The van der Waals surface area contributed by atoms with Crippen LogP contribution in [0.3, 0.4) is 0 Å². The molecule has 0 aliphatic heterocycles. The number of hydrogen-bond acceptors (Lipinski definition) is 3. The molecule has 2 N–H and O–H groups in total. The second-order valence-corrected chi connectivity index (χ2v) is 3.48. The van der Waals surface area contributed by atoms with Crippen molar-refractivity contribution < 1.29 is 27.5 Å². The maximum Gasteiger partial charge on any atom is 0.416 e. The second kappa shape index (κ2) is 5.07. The Morgan fingerprint density at radius 3 is 2.06 bits per heavy atom. The first-order valence-electron chi connectivity index (χ1n) is 4.81. The molecule has 0 saturated carbocycles. The van der Waals surface area contributed by atoms with Gasteiger partial charge in [0.2, 0.25) is 5.91 Å². The molecule has 1 unspecified atom stereocenters. The smallest absolute Gasteiger partial charge is 0.416 e. The highest BCUT2D eigenvalue weighted by molar-refractivity contribution is 6.02. The van der Waals surface area contributed by atoms with Gasteiger partial charge in [-0.15, -0.1) is 0 Å². The van der Waals surface area contributed by atoms with Crippen molar-refractivity contribution in [1.82, 2.24) is 0 Å². The predicted octanol–water partition coefficient (Wildman–Crippen LogP) is 1.45. The van der Waals surface area contributed by atoms with E-state index in [9.17, 15) is 22.8 Å². The van der Waals surface area contributed by atoms with Gasteiger partial charge in [0.1, 0.15) is 0 Å². The molecule has 0 spiro atoms. The lowest BCUT2D eigenvalue weighted by molar-refractivity contribution is -0.145. The van der Waals surface area contributed by atoms with Crippen LogP contribution in [0.4, 0.5) is 13.2 Å². The first kappa shape index (κ1) is 14.0. The molecular formula is C11H10F3NO3. The number of nitrogens with two attached hydrogens (primary N) is 1. The molecule has 1 amide bonds. The van der Waals surface area contributed by atoms with E-state index in [1.54, 1.807) is 0 Å². The molecule has 0 radical (unpaired) electrons. The number of hydrogen-bond donors (Lipinski definition) is 1. The van der Waals surface area contributed by atoms with Crippen LogP contribution in [0.25, 0.3) is 0 Å². The number of methoxy groups -OCH3 is 1. The Hall–Kier alpha value is -2.05. The topological polar surface area (TPSA) is 69.4 Å². The highest BCUT2D eigenvalue weighted by atomic mass is 19.4. The zero-order valence-corrected chi connectivity index (χ0v) is 9.32. The number of ether oxygens (including phenoxy) is 1. The lowest BCUT2D eigenvalue weighted by Gasteiger charge is -2.12. The summed E-state index contributed by atoms with van der Waals surface area (Å²) in [6.45, 7) is 0. The molecule has 7 heteroatoms. The van der Waals surface area contributed by atoms with Crippen LogP contribution < -0.4 is 5.73 Å². The molecule has 0 aromatic heterocycles. The van der Waals surface area contributed by atoms with E-state index in [0.717, 1.165) is 31.4 Å². The number of carbonyl (C=O) groups excluding carboxylic acids is 2. The zero-order valence-electron chi connectivity index (χ0n) is 9.32. The summed E-state index contributed by atoms with van der Waals surface area (Å²) in [6.07, 6.45) is -4.48. The molecule has 0 aliphatic carbocycles. The molecule has 1 aromatic carbocycles. The van der Waals surface area contributed by atoms with E-state index in [-0.39, 0.29) is 5.56 Å². The Balaban J connectivity index is 3.09. The lowest BCUT2D eigenvalue weighted by atomic mass is 9.97. The van der Waals surface area contributed by atoms with Crippen molar-refractivity contribution in [2.75, 3.05) is 7.11 Å². The molecule has 0 heterocycles. The second-order valence-electron chi connectivity index (χ2n) is 3.48. The quantitative estimate of drug-likeness (QED) is 0.661. The van der Waals surface area contributed by atoms with E-state index in [0.29, 0.717) is 0 Å². The normalized spacial score (nSPS) is 12.9. The number of amides is 1. The molecule has 0 aliphatic rings. The van der Waals surface area contributed by atoms with Crippen LogP contribution in [0.5, 0.6) is 0 Å². The summed E-state index contributed by atoms with van der Waals surface area (Å²) >= 11 is 0. The van der Waals surface area contributed by atoms with Gasteiger partial charge in [0.15, 0.2) is 5.92 Å². The molecule has 4 nitrogen and oxygen atoms in total. The Morgan fingerprint density at radius 2 is 1.72 bits per heavy atom. The van der Waals surface area contributed by atoms with Crippen LogP contribution in [0, 0.1) is 0 Å². The average Bonchev–Trinajstić information content (AvgIpc) is 2.28. The van der Waals surface area contributed by atoms with Gasteiger partial charge in [-0.05, 0) is 17.7 Å². The Labute approximate surface area is 101 Å². The van der Waals surface area contributed by atoms with Gasteiger partial charge in [-0.25, -0.2) is 0 Å². The fraction of sp³-hybridized carbons (Fsp3) is 0.273. The lowest BCUT2D eigenvalue weighted by Crippen LogP contribution is -2.29. The third-order valence-electron chi connectivity index (χ3n) is 2.29. The summed E-state index contributed by atoms with van der Waals surface area (Å²) < 4.78 is 41.3. The molecule has 1 rings (SSSR count). The molecule has 1 atom stereocenters. The zero-order chi connectivity index (χ0) is 13.9. The van der Waals surface area contributed by atoms with Crippen LogP contribution in [0.2, 0.25) is 0 Å². The highest BCUT2D eigenvalue weighted by Crippen LogP contribution is 2.30. The highest BCUT2D eigenvalue weighted by Gasteiger charge is 2.32.